The highest BCUT2D eigenvalue weighted by molar-refractivity contribution is 6.22. The summed E-state index contributed by atoms with van der Waals surface area (Å²) in [4.78, 5) is 0. The molecule has 0 aromatic heterocycles. The molecule has 0 heterocycles. The molecule has 14 rings (SSSR count). The van der Waals surface area contributed by atoms with Crippen LogP contribution in [0.25, 0.3) is 87.6 Å². The zero-order valence-corrected chi connectivity index (χ0v) is 31.5. The van der Waals surface area contributed by atoms with E-state index in [9.17, 15) is 0 Å². The van der Waals surface area contributed by atoms with E-state index in [1.807, 2.05) is 0 Å². The fourth-order valence-corrected chi connectivity index (χ4v) is 13.2. The van der Waals surface area contributed by atoms with Gasteiger partial charge in [-0.1, -0.05) is 164 Å². The first kappa shape index (κ1) is 31.2. The van der Waals surface area contributed by atoms with Gasteiger partial charge >= 0.3 is 0 Å². The van der Waals surface area contributed by atoms with Gasteiger partial charge in [0.2, 0.25) is 0 Å². The minimum Gasteiger partial charge on any atom is -0.0616 e. The third kappa shape index (κ3) is 4.15. The molecule has 0 aliphatic heterocycles. The molecule has 4 fully saturated rings. The van der Waals surface area contributed by atoms with E-state index in [4.69, 9.17) is 0 Å². The monoisotopic (exact) mass is 714 g/mol. The second-order valence-electron chi connectivity index (χ2n) is 17.6. The Hall–Kier alpha value is -5.98. The van der Waals surface area contributed by atoms with Crippen molar-refractivity contribution >= 4 is 43.1 Å². The summed E-state index contributed by atoms with van der Waals surface area (Å²) >= 11 is 0. The second kappa shape index (κ2) is 11.5. The Kier molecular flexibility index (Phi) is 6.43. The van der Waals surface area contributed by atoms with E-state index in [1.165, 1.54) is 120 Å². The minimum atomic E-state index is 0.146. The third-order valence-corrected chi connectivity index (χ3v) is 15.0. The third-order valence-electron chi connectivity index (χ3n) is 15.0. The summed E-state index contributed by atoms with van der Waals surface area (Å²) in [5.41, 5.74) is 14.2. The average Bonchev–Trinajstić information content (AvgIpc) is 3.54. The molecule has 4 saturated carbocycles. The first-order valence-electron chi connectivity index (χ1n) is 20.9. The van der Waals surface area contributed by atoms with Gasteiger partial charge in [-0.25, -0.2) is 0 Å². The SMILES string of the molecule is c1ccc2c(-c3ccc(-c4c5ccccc5c(-c5ccc6c(c5)-c5c(ccc7ccccc57)C65C6CC7CC(C6)CC5C7)c5ccccc45)cc3)cccc2c1. The number of fused-ring (bicyclic) bond motifs is 8. The maximum atomic E-state index is 2.62. The van der Waals surface area contributed by atoms with Crippen molar-refractivity contribution in [2.24, 2.45) is 23.7 Å². The van der Waals surface area contributed by atoms with Crippen LogP contribution in [-0.2, 0) is 5.41 Å². The van der Waals surface area contributed by atoms with Gasteiger partial charge < -0.3 is 0 Å². The second-order valence-corrected chi connectivity index (χ2v) is 17.6. The van der Waals surface area contributed by atoms with E-state index in [2.05, 4.69) is 170 Å². The normalized spacial score (nSPS) is 23.1. The Balaban J connectivity index is 1.03. The molecule has 0 atom stereocenters. The van der Waals surface area contributed by atoms with Gasteiger partial charge in [0, 0.05) is 5.41 Å². The van der Waals surface area contributed by atoms with Crippen molar-refractivity contribution in [2.75, 3.05) is 0 Å². The van der Waals surface area contributed by atoms with Crippen LogP contribution < -0.4 is 0 Å². The summed E-state index contributed by atoms with van der Waals surface area (Å²) in [5.74, 6) is 3.36. The van der Waals surface area contributed by atoms with Gasteiger partial charge in [0.15, 0.2) is 0 Å². The Morgan fingerprint density at radius 2 is 0.804 bits per heavy atom. The predicted octanol–water partition coefficient (Wildman–Crippen LogP) is 15.0. The standard InChI is InChI=1S/C56H42/c1-3-13-43-36(10-1)12-9-19-44(43)38-20-22-39(23-21-38)53-46-15-5-7-17-48(46)54(49-18-8-6-16-47(49)53)40-25-26-51-50(33-40)55-45-14-4-2-11-37(45)24-27-52(55)56(51)41-29-34-28-35(31-41)32-42(56)30-34/h1-27,33-35,41-42H,28-32H2. The van der Waals surface area contributed by atoms with Crippen LogP contribution in [0, 0.1) is 23.7 Å². The lowest BCUT2D eigenvalue weighted by atomic mass is 9.43. The highest BCUT2D eigenvalue weighted by Gasteiger charge is 2.61. The van der Waals surface area contributed by atoms with Crippen molar-refractivity contribution in [3.8, 4) is 44.5 Å². The van der Waals surface area contributed by atoms with Crippen LogP contribution in [0.1, 0.15) is 43.2 Å². The van der Waals surface area contributed by atoms with E-state index >= 15 is 0 Å². The molecule has 0 heteroatoms. The Morgan fingerprint density at radius 1 is 0.321 bits per heavy atom. The highest BCUT2D eigenvalue weighted by atomic mass is 14.6. The smallest absolute Gasteiger partial charge is 0.0272 e. The van der Waals surface area contributed by atoms with Crippen molar-refractivity contribution in [3.63, 3.8) is 0 Å². The van der Waals surface area contributed by atoms with Crippen molar-refractivity contribution < 1.29 is 0 Å². The number of hydrogen-bond donors (Lipinski definition) is 0. The fraction of sp³-hybridized carbons (Fsp3) is 0.179. The van der Waals surface area contributed by atoms with E-state index < -0.39 is 0 Å². The summed E-state index contributed by atoms with van der Waals surface area (Å²) in [6.07, 6.45) is 7.09. The lowest BCUT2D eigenvalue weighted by Crippen LogP contribution is -2.55. The molecule has 0 amide bonds. The van der Waals surface area contributed by atoms with Gasteiger partial charge in [0.05, 0.1) is 0 Å². The van der Waals surface area contributed by atoms with Gasteiger partial charge in [0.1, 0.15) is 0 Å². The van der Waals surface area contributed by atoms with Crippen LogP contribution in [0.5, 0.6) is 0 Å². The quantitative estimate of drug-likeness (QED) is 0.160. The molecule has 56 heavy (non-hydrogen) atoms. The Bertz CT molecular complexity index is 3000. The topological polar surface area (TPSA) is 0 Å². The van der Waals surface area contributed by atoms with Gasteiger partial charge in [-0.3, -0.25) is 0 Å². The van der Waals surface area contributed by atoms with E-state index in [0.717, 1.165) is 23.7 Å². The molecule has 0 saturated heterocycles. The lowest BCUT2D eigenvalue weighted by Gasteiger charge is -2.61. The maximum Gasteiger partial charge on any atom is 0.0272 e. The summed E-state index contributed by atoms with van der Waals surface area (Å²) in [6, 6.07) is 64.8. The number of hydrogen-bond acceptors (Lipinski definition) is 0. The molecule has 9 aromatic carbocycles. The van der Waals surface area contributed by atoms with E-state index in [0.29, 0.717) is 0 Å². The molecular formula is C56H42. The molecular weight excluding hydrogens is 673 g/mol. The zero-order chi connectivity index (χ0) is 36.5. The molecule has 4 bridgehead atoms. The van der Waals surface area contributed by atoms with Crippen LogP contribution in [0.2, 0.25) is 0 Å². The largest absolute Gasteiger partial charge is 0.0616 e. The maximum absolute atomic E-state index is 2.62. The highest BCUT2D eigenvalue weighted by Crippen LogP contribution is 2.70. The van der Waals surface area contributed by atoms with Crippen LogP contribution in [0.15, 0.2) is 170 Å². The molecule has 9 aromatic rings. The van der Waals surface area contributed by atoms with Crippen LogP contribution >= 0.6 is 0 Å². The fourth-order valence-electron chi connectivity index (χ4n) is 13.2. The molecule has 266 valence electrons. The summed E-state index contributed by atoms with van der Waals surface area (Å²) < 4.78 is 0. The van der Waals surface area contributed by atoms with Gasteiger partial charge in [-0.2, -0.15) is 0 Å². The van der Waals surface area contributed by atoms with Crippen molar-refractivity contribution in [2.45, 2.75) is 37.5 Å². The number of benzene rings is 9. The Morgan fingerprint density at radius 3 is 1.45 bits per heavy atom. The summed E-state index contributed by atoms with van der Waals surface area (Å²) in [6.45, 7) is 0. The molecule has 5 aliphatic rings. The predicted molar refractivity (Wildman–Crippen MR) is 236 cm³/mol. The molecule has 5 aliphatic carbocycles. The average molecular weight is 715 g/mol. The van der Waals surface area contributed by atoms with Crippen LogP contribution in [0.4, 0.5) is 0 Å². The van der Waals surface area contributed by atoms with Gasteiger partial charge in [0.25, 0.3) is 0 Å². The molecule has 0 nitrogen and oxygen atoms in total. The van der Waals surface area contributed by atoms with Gasteiger partial charge in [-0.15, -0.1) is 0 Å². The first-order valence-corrected chi connectivity index (χ1v) is 20.9. The zero-order valence-electron chi connectivity index (χ0n) is 31.5. The van der Waals surface area contributed by atoms with Crippen LogP contribution in [0.3, 0.4) is 0 Å². The van der Waals surface area contributed by atoms with Crippen molar-refractivity contribution in [1.29, 1.82) is 0 Å². The Labute approximate surface area is 328 Å². The summed E-state index contributed by atoms with van der Waals surface area (Å²) in [7, 11) is 0. The lowest BCUT2D eigenvalue weighted by molar-refractivity contribution is -0.0399. The number of rotatable bonds is 3. The van der Waals surface area contributed by atoms with Crippen LogP contribution in [-0.4, -0.2) is 0 Å². The minimum absolute atomic E-state index is 0.146. The summed E-state index contributed by atoms with van der Waals surface area (Å²) in [5, 5.41) is 10.6. The van der Waals surface area contributed by atoms with E-state index in [1.54, 1.807) is 11.1 Å². The van der Waals surface area contributed by atoms with Crippen molar-refractivity contribution in [1.82, 2.24) is 0 Å². The van der Waals surface area contributed by atoms with E-state index in [-0.39, 0.29) is 5.41 Å². The molecule has 0 unspecified atom stereocenters. The molecule has 0 N–H and O–H groups in total. The van der Waals surface area contributed by atoms with Gasteiger partial charge in [-0.05, 0) is 161 Å². The molecule has 1 spiro atoms. The molecule has 0 radical (unpaired) electrons. The first-order chi connectivity index (χ1) is 27.7. The van der Waals surface area contributed by atoms with Crippen molar-refractivity contribution in [3.05, 3.63) is 181 Å².